The summed E-state index contributed by atoms with van der Waals surface area (Å²) in [4.78, 5) is 0. The number of rotatable bonds is 6. The van der Waals surface area contributed by atoms with Crippen molar-refractivity contribution in [2.75, 3.05) is 6.61 Å². The van der Waals surface area contributed by atoms with Crippen LogP contribution in [0.3, 0.4) is 0 Å². The van der Waals surface area contributed by atoms with Crippen LogP contribution in [0.15, 0.2) is 53.0 Å². The van der Waals surface area contributed by atoms with Gasteiger partial charge in [0.1, 0.15) is 5.82 Å². The van der Waals surface area contributed by atoms with E-state index in [0.29, 0.717) is 13.0 Å². The van der Waals surface area contributed by atoms with Crippen LogP contribution in [0.2, 0.25) is 0 Å². The van der Waals surface area contributed by atoms with Crippen molar-refractivity contribution < 1.29 is 9.13 Å². The van der Waals surface area contributed by atoms with Crippen LogP contribution in [0.4, 0.5) is 4.39 Å². The van der Waals surface area contributed by atoms with Crippen molar-refractivity contribution in [3.63, 3.8) is 0 Å². The van der Waals surface area contributed by atoms with Crippen LogP contribution in [-0.2, 0) is 11.2 Å². The van der Waals surface area contributed by atoms with Crippen molar-refractivity contribution in [1.82, 2.24) is 0 Å². The van der Waals surface area contributed by atoms with E-state index in [9.17, 15) is 4.39 Å². The van der Waals surface area contributed by atoms with Gasteiger partial charge in [-0.15, -0.1) is 0 Å². The van der Waals surface area contributed by atoms with Crippen LogP contribution in [-0.4, -0.2) is 12.6 Å². The van der Waals surface area contributed by atoms with E-state index in [1.807, 2.05) is 37.3 Å². The van der Waals surface area contributed by atoms with Gasteiger partial charge in [0.2, 0.25) is 0 Å². The summed E-state index contributed by atoms with van der Waals surface area (Å²) >= 11 is 3.38. The van der Waals surface area contributed by atoms with Crippen LogP contribution >= 0.6 is 15.9 Å². The Labute approximate surface area is 133 Å². The lowest BCUT2D eigenvalue weighted by Crippen LogP contribution is -2.32. The molecule has 0 radical (unpaired) electrons. The Hall–Kier alpha value is -1.23. The number of hydrogen-bond acceptors (Lipinski definition) is 2. The maximum absolute atomic E-state index is 13.1. The van der Waals surface area contributed by atoms with Gasteiger partial charge in [-0.05, 0) is 36.6 Å². The third-order valence-corrected chi connectivity index (χ3v) is 4.07. The molecule has 2 aromatic rings. The van der Waals surface area contributed by atoms with Gasteiger partial charge in [0.05, 0.1) is 6.10 Å². The van der Waals surface area contributed by atoms with Gasteiger partial charge < -0.3 is 10.5 Å². The lowest BCUT2D eigenvalue weighted by atomic mass is 9.96. The Morgan fingerprint density at radius 3 is 2.52 bits per heavy atom. The average Bonchev–Trinajstić information content (AvgIpc) is 2.48. The zero-order valence-electron chi connectivity index (χ0n) is 11.9. The summed E-state index contributed by atoms with van der Waals surface area (Å²) in [5, 5.41) is 0. The van der Waals surface area contributed by atoms with Crippen LogP contribution in [0.1, 0.15) is 24.2 Å². The van der Waals surface area contributed by atoms with Crippen LogP contribution in [0.25, 0.3) is 0 Å². The third kappa shape index (κ3) is 4.37. The minimum Gasteiger partial charge on any atom is -0.372 e. The van der Waals surface area contributed by atoms with Crippen LogP contribution in [0, 0.1) is 5.82 Å². The van der Waals surface area contributed by atoms with Gasteiger partial charge in [-0.1, -0.05) is 52.3 Å². The van der Waals surface area contributed by atoms with E-state index in [0.717, 1.165) is 15.6 Å². The summed E-state index contributed by atoms with van der Waals surface area (Å²) in [5.41, 5.74) is 8.37. The quantitative estimate of drug-likeness (QED) is 0.844. The van der Waals surface area contributed by atoms with Crippen LogP contribution in [0.5, 0.6) is 0 Å². The van der Waals surface area contributed by atoms with Crippen molar-refractivity contribution in [1.29, 1.82) is 0 Å². The molecule has 0 bridgehead atoms. The van der Waals surface area contributed by atoms with Gasteiger partial charge in [0.25, 0.3) is 0 Å². The van der Waals surface area contributed by atoms with Crippen LogP contribution < -0.4 is 5.73 Å². The molecule has 0 amide bonds. The Balaban J connectivity index is 2.17. The number of nitrogens with two attached hydrogens (primary N) is 1. The van der Waals surface area contributed by atoms with Gasteiger partial charge in [-0.3, -0.25) is 0 Å². The fraction of sp³-hybridized carbons (Fsp3) is 0.294. The molecule has 0 aliphatic rings. The molecule has 0 heterocycles. The molecule has 2 rings (SSSR count). The lowest BCUT2D eigenvalue weighted by Gasteiger charge is -2.24. The van der Waals surface area contributed by atoms with E-state index in [4.69, 9.17) is 10.5 Å². The largest absolute Gasteiger partial charge is 0.372 e. The number of hydrogen-bond donors (Lipinski definition) is 1. The predicted octanol–water partition coefficient (Wildman–Crippen LogP) is 4.24. The topological polar surface area (TPSA) is 35.2 Å². The Bertz CT molecular complexity index is 576. The van der Waals surface area contributed by atoms with E-state index in [1.54, 1.807) is 6.07 Å². The van der Waals surface area contributed by atoms with E-state index < -0.39 is 0 Å². The standard InChI is InChI=1S/C17H19BrFNO/c1-2-21-17(12-6-4-3-5-7-12)16(20)10-13-8-9-14(19)11-15(13)18/h3-9,11,16-17H,2,10,20H2,1H3. The molecular weight excluding hydrogens is 333 g/mol. The Kier molecular flexibility index (Phi) is 5.91. The van der Waals surface area contributed by atoms with Gasteiger partial charge in [0.15, 0.2) is 0 Å². The Morgan fingerprint density at radius 1 is 1.19 bits per heavy atom. The molecular formula is C17H19BrFNO. The van der Waals surface area contributed by atoms with Crippen molar-refractivity contribution >= 4 is 15.9 Å². The second-order valence-corrected chi connectivity index (χ2v) is 5.74. The highest BCUT2D eigenvalue weighted by Gasteiger charge is 2.21. The van der Waals surface area contributed by atoms with Gasteiger partial charge in [-0.25, -0.2) is 4.39 Å². The summed E-state index contributed by atoms with van der Waals surface area (Å²) in [7, 11) is 0. The zero-order valence-corrected chi connectivity index (χ0v) is 13.5. The highest BCUT2D eigenvalue weighted by molar-refractivity contribution is 9.10. The SMILES string of the molecule is CCOC(c1ccccc1)C(N)Cc1ccc(F)cc1Br. The molecule has 112 valence electrons. The predicted molar refractivity (Wildman–Crippen MR) is 86.6 cm³/mol. The van der Waals surface area contributed by atoms with Gasteiger partial charge in [-0.2, -0.15) is 0 Å². The normalized spacial score (nSPS) is 13.9. The molecule has 0 fully saturated rings. The first-order valence-electron chi connectivity index (χ1n) is 6.98. The fourth-order valence-corrected chi connectivity index (χ4v) is 2.85. The smallest absolute Gasteiger partial charge is 0.124 e. The van der Waals surface area contributed by atoms with Gasteiger partial charge >= 0.3 is 0 Å². The second-order valence-electron chi connectivity index (χ2n) is 4.89. The first-order chi connectivity index (χ1) is 10.1. The minimum absolute atomic E-state index is 0.173. The molecule has 0 saturated heterocycles. The summed E-state index contributed by atoms with van der Waals surface area (Å²) < 4.78 is 19.7. The average molecular weight is 352 g/mol. The van der Waals surface area contributed by atoms with Crippen molar-refractivity contribution in [2.24, 2.45) is 5.73 Å². The van der Waals surface area contributed by atoms with E-state index in [2.05, 4.69) is 15.9 Å². The maximum atomic E-state index is 13.1. The molecule has 0 spiro atoms. The fourth-order valence-electron chi connectivity index (χ4n) is 2.34. The number of halogens is 2. The van der Waals surface area contributed by atoms with E-state index >= 15 is 0 Å². The highest BCUT2D eigenvalue weighted by atomic mass is 79.9. The third-order valence-electron chi connectivity index (χ3n) is 3.33. The first-order valence-corrected chi connectivity index (χ1v) is 7.77. The minimum atomic E-state index is -0.261. The first kappa shape index (κ1) is 16.1. The molecule has 2 atom stereocenters. The Morgan fingerprint density at radius 2 is 1.90 bits per heavy atom. The molecule has 2 aromatic carbocycles. The summed E-state index contributed by atoms with van der Waals surface area (Å²) in [5.74, 6) is -0.261. The van der Waals surface area contributed by atoms with Crippen molar-refractivity contribution in [2.45, 2.75) is 25.5 Å². The lowest BCUT2D eigenvalue weighted by molar-refractivity contribution is 0.0433. The molecule has 2 nitrogen and oxygen atoms in total. The maximum Gasteiger partial charge on any atom is 0.124 e. The highest BCUT2D eigenvalue weighted by Crippen LogP contribution is 2.25. The summed E-state index contributed by atoms with van der Waals surface area (Å²) in [6, 6.07) is 14.4. The summed E-state index contributed by atoms with van der Waals surface area (Å²) in [6.45, 7) is 2.55. The van der Waals surface area contributed by atoms with Gasteiger partial charge in [0, 0.05) is 17.1 Å². The molecule has 4 heteroatoms. The van der Waals surface area contributed by atoms with Crippen molar-refractivity contribution in [3.8, 4) is 0 Å². The number of ether oxygens (including phenoxy) is 1. The molecule has 0 aliphatic heterocycles. The van der Waals surface area contributed by atoms with E-state index in [1.165, 1.54) is 12.1 Å². The second kappa shape index (κ2) is 7.69. The molecule has 21 heavy (non-hydrogen) atoms. The molecule has 0 aromatic heterocycles. The monoisotopic (exact) mass is 351 g/mol. The molecule has 2 unspecified atom stereocenters. The molecule has 2 N–H and O–H groups in total. The van der Waals surface area contributed by atoms with Crippen molar-refractivity contribution in [3.05, 3.63) is 69.9 Å². The zero-order chi connectivity index (χ0) is 15.2. The molecule has 0 saturated carbocycles. The molecule has 0 aliphatic carbocycles. The van der Waals surface area contributed by atoms with E-state index in [-0.39, 0.29) is 18.0 Å². The summed E-state index contributed by atoms with van der Waals surface area (Å²) in [6.07, 6.45) is 0.439. The number of benzene rings is 2.